The van der Waals surface area contributed by atoms with Gasteiger partial charge in [0.1, 0.15) is 0 Å². The van der Waals surface area contributed by atoms with Crippen LogP contribution in [0.25, 0.3) is 0 Å². The molecule has 48 valence electrons. The van der Waals surface area contributed by atoms with E-state index in [-0.39, 0.29) is 29.6 Å². The molecular weight excluding hydrogens is 469 g/mol. The standard InChI is InChI=1S/C2H6N2.2Au.Na.H/c3-1-2-4;;;;/h1-3H2;;;;. The van der Waals surface area contributed by atoms with Gasteiger partial charge in [0.2, 0.25) is 0 Å². The van der Waals surface area contributed by atoms with Crippen LogP contribution in [-0.4, -0.2) is 44.4 Å². The van der Waals surface area contributed by atoms with E-state index in [1.165, 1.54) is 0 Å². The predicted octanol–water partition coefficient (Wildman–Crippen LogP) is -1.48. The Morgan fingerprint density at radius 1 is 1.43 bits per heavy atom. The van der Waals surface area contributed by atoms with Gasteiger partial charge in [0.05, 0.1) is 0 Å². The molecule has 0 aliphatic carbocycles. The van der Waals surface area contributed by atoms with Gasteiger partial charge in [-0.2, -0.15) is 0 Å². The average Bonchev–Trinajstić information content (AvgIpc) is 1.35. The van der Waals surface area contributed by atoms with Crippen molar-refractivity contribution in [2.24, 2.45) is 5.73 Å². The van der Waals surface area contributed by atoms with Crippen molar-refractivity contribution in [3.63, 3.8) is 0 Å². The molecule has 2 nitrogen and oxygen atoms in total. The Morgan fingerprint density at radius 3 is 1.86 bits per heavy atom. The Kier molecular flexibility index (Phi) is 14.5. The van der Waals surface area contributed by atoms with E-state index in [0.717, 1.165) is 13.1 Å². The van der Waals surface area contributed by atoms with E-state index < -0.39 is 0 Å². The predicted molar refractivity (Wildman–Crippen MR) is 22.9 cm³/mol. The van der Waals surface area contributed by atoms with Gasteiger partial charge in [-0.15, -0.1) is 0 Å². The summed E-state index contributed by atoms with van der Waals surface area (Å²) in [5, 5.41) is 0. The van der Waals surface area contributed by atoms with Gasteiger partial charge in [-0.1, -0.05) is 0 Å². The molecular formula is C2H7Au2N2Na. The van der Waals surface area contributed by atoms with Crippen LogP contribution in [0, 0.1) is 0 Å². The number of nitrogens with two attached hydrogens (primary N) is 1. The molecule has 0 unspecified atom stereocenters. The third-order valence-electron chi connectivity index (χ3n) is 0.264. The Morgan fingerprint density at radius 2 is 1.86 bits per heavy atom. The molecule has 0 aliphatic heterocycles. The molecule has 0 fully saturated rings. The molecule has 0 bridgehead atoms. The third-order valence-corrected chi connectivity index (χ3v) is 1.23. The summed E-state index contributed by atoms with van der Waals surface area (Å²) in [4.78, 5) is 0. The van der Waals surface area contributed by atoms with Gasteiger partial charge in [-0.25, -0.2) is 0 Å². The maximum absolute atomic E-state index is 5.17. The summed E-state index contributed by atoms with van der Waals surface area (Å²) in [6.45, 7) is 1.67. The van der Waals surface area contributed by atoms with E-state index >= 15 is 0 Å². The zero-order chi connectivity index (χ0) is 4.99. The van der Waals surface area contributed by atoms with Crippen LogP contribution in [0.1, 0.15) is 0 Å². The average molecular weight is 476 g/mol. The molecule has 0 atom stereocenters. The van der Waals surface area contributed by atoms with E-state index in [1.807, 2.05) is 1.71 Å². The molecule has 0 radical (unpaired) electrons. The fourth-order valence-electron chi connectivity index (χ4n) is 0.0778. The molecule has 0 saturated carbocycles. The van der Waals surface area contributed by atoms with Crippen LogP contribution in [0.3, 0.4) is 0 Å². The van der Waals surface area contributed by atoms with Gasteiger partial charge >= 0.3 is 92.7 Å². The molecule has 0 heterocycles. The van der Waals surface area contributed by atoms with E-state index in [2.05, 4.69) is 42.7 Å². The first kappa shape index (κ1) is 12.1. The van der Waals surface area contributed by atoms with Crippen molar-refractivity contribution >= 4 is 29.6 Å². The summed E-state index contributed by atoms with van der Waals surface area (Å²) in [5.74, 6) is 0. The third kappa shape index (κ3) is 11.8. The monoisotopic (exact) mass is 476 g/mol. The summed E-state index contributed by atoms with van der Waals surface area (Å²) in [5.41, 5.74) is 5.17. The summed E-state index contributed by atoms with van der Waals surface area (Å²) in [7, 11) is 0. The van der Waals surface area contributed by atoms with Gasteiger partial charge in [0.25, 0.3) is 0 Å². The second-order valence-corrected chi connectivity index (χ2v) is 4.80. The van der Waals surface area contributed by atoms with Crippen molar-refractivity contribution in [3.05, 3.63) is 0 Å². The Bertz CT molecular complexity index is 34.9. The van der Waals surface area contributed by atoms with Gasteiger partial charge in [0, 0.05) is 0 Å². The maximum atomic E-state index is 5.17. The van der Waals surface area contributed by atoms with E-state index in [9.17, 15) is 0 Å². The molecule has 5 heteroatoms. The number of rotatable bonds is 2. The van der Waals surface area contributed by atoms with Crippen LogP contribution in [0.15, 0.2) is 0 Å². The summed E-state index contributed by atoms with van der Waals surface area (Å²) in [6, 6.07) is 0. The summed E-state index contributed by atoms with van der Waals surface area (Å²) >= 11 is 4.66. The van der Waals surface area contributed by atoms with Crippen molar-refractivity contribution in [2.75, 3.05) is 13.1 Å². The number of nitrogens with zero attached hydrogens (tertiary/aromatic N) is 1. The van der Waals surface area contributed by atoms with Crippen LogP contribution in [-0.2, 0) is 42.7 Å². The molecule has 0 aromatic carbocycles. The van der Waals surface area contributed by atoms with E-state index in [4.69, 9.17) is 5.73 Å². The van der Waals surface area contributed by atoms with Gasteiger partial charge in [-0.05, 0) is 0 Å². The molecule has 0 amide bonds. The molecule has 0 rings (SSSR count). The molecule has 0 spiro atoms. The molecule has 0 aromatic rings. The number of hydrogen-bond acceptors (Lipinski definition) is 2. The van der Waals surface area contributed by atoms with Crippen LogP contribution in [0.2, 0.25) is 0 Å². The quantitative estimate of drug-likeness (QED) is 0.494. The zero-order valence-corrected chi connectivity index (χ0v) is 7.37. The van der Waals surface area contributed by atoms with E-state index in [0.29, 0.717) is 0 Å². The summed E-state index contributed by atoms with van der Waals surface area (Å²) in [6.07, 6.45) is 0. The van der Waals surface area contributed by atoms with Gasteiger partial charge < -0.3 is 0 Å². The minimum absolute atomic E-state index is 0. The molecule has 0 aliphatic rings. The molecule has 7 heavy (non-hydrogen) atoms. The number of hydrogen-bond donors (Lipinski definition) is 1. The second-order valence-electron chi connectivity index (χ2n) is 0.744. The first-order chi connectivity index (χ1) is 2.77. The second kappa shape index (κ2) is 8.40. The SMILES string of the molecule is NCC[N]([Au])[Au].[NaH]. The zero-order valence-electron chi connectivity index (χ0n) is 3.04. The molecule has 2 N–H and O–H groups in total. The fraction of sp³-hybridized carbons (Fsp3) is 1.00. The van der Waals surface area contributed by atoms with Crippen molar-refractivity contribution in [2.45, 2.75) is 0 Å². The Balaban J connectivity index is 0. The van der Waals surface area contributed by atoms with Gasteiger partial charge in [-0.3, -0.25) is 0 Å². The molecule has 0 saturated heterocycles. The topological polar surface area (TPSA) is 29.3 Å². The Hall–Kier alpha value is 2.40. The van der Waals surface area contributed by atoms with Crippen LogP contribution < -0.4 is 5.73 Å². The summed E-state index contributed by atoms with van der Waals surface area (Å²) < 4.78 is 1.94. The first-order valence-electron chi connectivity index (χ1n) is 1.49. The van der Waals surface area contributed by atoms with Gasteiger partial charge in [0.15, 0.2) is 0 Å². The van der Waals surface area contributed by atoms with Crippen LogP contribution in [0.4, 0.5) is 0 Å². The first-order valence-corrected chi connectivity index (χ1v) is 3.43. The Labute approximate surface area is 91.3 Å². The minimum atomic E-state index is 0. The fourth-order valence-corrected chi connectivity index (χ4v) is 0.637. The van der Waals surface area contributed by atoms with Crippen LogP contribution >= 0.6 is 0 Å². The van der Waals surface area contributed by atoms with Crippen molar-refractivity contribution in [1.29, 1.82) is 0 Å². The molecule has 0 aromatic heterocycles. The van der Waals surface area contributed by atoms with Crippen molar-refractivity contribution in [1.82, 2.24) is 1.71 Å². The van der Waals surface area contributed by atoms with E-state index in [1.54, 1.807) is 0 Å². The van der Waals surface area contributed by atoms with Crippen molar-refractivity contribution < 1.29 is 42.7 Å². The van der Waals surface area contributed by atoms with Crippen LogP contribution in [0.5, 0.6) is 0 Å². The normalized spacial score (nSPS) is 8.86. The van der Waals surface area contributed by atoms with Crippen molar-refractivity contribution in [3.8, 4) is 0 Å².